The minimum Gasteiger partial charge on any atom is -0.381 e. The van der Waals surface area contributed by atoms with Crippen LogP contribution in [0.15, 0.2) is 84.0 Å². The number of imidazole rings is 1. The van der Waals surface area contributed by atoms with Crippen LogP contribution < -0.4 is 0 Å². The van der Waals surface area contributed by atoms with Gasteiger partial charge in [-0.15, -0.1) is 0 Å². The maximum absolute atomic E-state index is 13.6. The van der Waals surface area contributed by atoms with Gasteiger partial charge in [-0.3, -0.25) is 4.90 Å². The quantitative estimate of drug-likeness (QED) is 0.281. The van der Waals surface area contributed by atoms with Gasteiger partial charge >= 0.3 is 0 Å². The number of benzene rings is 2. The molecule has 9 heteroatoms. The Balaban J connectivity index is 1.30. The number of fused-ring (bicyclic) bond motifs is 3. The molecule has 5 heterocycles. The molecule has 0 amide bonds. The van der Waals surface area contributed by atoms with Gasteiger partial charge in [0.05, 0.1) is 16.6 Å². The first kappa shape index (κ1) is 25.4. The molecule has 3 aromatic heterocycles. The van der Waals surface area contributed by atoms with Crippen LogP contribution in [0.3, 0.4) is 0 Å². The predicted molar refractivity (Wildman–Crippen MR) is 155 cm³/mol. The van der Waals surface area contributed by atoms with E-state index in [2.05, 4.69) is 44.8 Å². The molecule has 0 spiro atoms. The Bertz CT molecular complexity index is 1730. The van der Waals surface area contributed by atoms with Gasteiger partial charge in [-0.05, 0) is 49.4 Å². The Morgan fingerprint density at radius 3 is 2.30 bits per heavy atom. The molecule has 7 rings (SSSR count). The minimum absolute atomic E-state index is 0.247. The molecule has 2 aliphatic rings. The number of likely N-dealkylation sites (tertiary alicyclic amines) is 1. The number of aromatic nitrogens is 4. The fourth-order valence-electron chi connectivity index (χ4n) is 6.36. The minimum atomic E-state index is -3.78. The second-order valence-corrected chi connectivity index (χ2v) is 12.7. The fraction of sp³-hybridized carbons (Fsp3) is 0.355. The molecule has 8 nitrogen and oxygen atoms in total. The monoisotopic (exact) mass is 555 g/mol. The van der Waals surface area contributed by atoms with Crippen LogP contribution in [-0.2, 0) is 21.3 Å². The zero-order valence-corrected chi connectivity index (χ0v) is 23.2. The first-order chi connectivity index (χ1) is 19.6. The summed E-state index contributed by atoms with van der Waals surface area (Å²) in [5.41, 5.74) is 3.61. The Kier molecular flexibility index (Phi) is 6.65. The Labute approximate surface area is 234 Å². The van der Waals surface area contributed by atoms with Crippen molar-refractivity contribution in [3.8, 4) is 0 Å². The lowest BCUT2D eigenvalue weighted by atomic mass is 9.97. The molecule has 206 valence electrons. The lowest BCUT2D eigenvalue weighted by Gasteiger charge is -2.35. The zero-order chi connectivity index (χ0) is 27.1. The molecule has 2 fully saturated rings. The largest absolute Gasteiger partial charge is 0.381 e. The SMILES string of the molecule is O=S(=O)(c1ccccc1)n1ccc2c1ncc1nc(C3CCOCC3)n(C3CCN(Cc4ccccc4)CC3)c12. The molecule has 0 bridgehead atoms. The molecule has 5 aromatic rings. The fourth-order valence-corrected chi connectivity index (χ4v) is 7.68. The van der Waals surface area contributed by atoms with Crippen molar-refractivity contribution in [3.05, 3.63) is 90.5 Å². The van der Waals surface area contributed by atoms with Crippen LogP contribution in [0.5, 0.6) is 0 Å². The van der Waals surface area contributed by atoms with Crippen molar-refractivity contribution >= 4 is 32.1 Å². The number of hydrogen-bond donors (Lipinski definition) is 0. The molecule has 40 heavy (non-hydrogen) atoms. The van der Waals surface area contributed by atoms with E-state index in [9.17, 15) is 8.42 Å². The summed E-state index contributed by atoms with van der Waals surface area (Å²) < 4.78 is 36.5. The van der Waals surface area contributed by atoms with Crippen molar-refractivity contribution in [3.63, 3.8) is 0 Å². The molecule has 2 saturated heterocycles. The summed E-state index contributed by atoms with van der Waals surface area (Å²) in [4.78, 5) is 12.6. The van der Waals surface area contributed by atoms with Crippen molar-refractivity contribution < 1.29 is 13.2 Å². The first-order valence-corrected chi connectivity index (χ1v) is 15.6. The zero-order valence-electron chi connectivity index (χ0n) is 22.4. The van der Waals surface area contributed by atoms with E-state index in [4.69, 9.17) is 9.72 Å². The van der Waals surface area contributed by atoms with Crippen LogP contribution in [0.1, 0.15) is 49.0 Å². The first-order valence-electron chi connectivity index (χ1n) is 14.1. The maximum Gasteiger partial charge on any atom is 0.269 e. The van der Waals surface area contributed by atoms with Crippen LogP contribution in [0.4, 0.5) is 0 Å². The van der Waals surface area contributed by atoms with Gasteiger partial charge in [0, 0.05) is 56.4 Å². The van der Waals surface area contributed by atoms with E-state index >= 15 is 0 Å². The summed E-state index contributed by atoms with van der Waals surface area (Å²) in [5, 5.41) is 0.828. The molecule has 0 aliphatic carbocycles. The van der Waals surface area contributed by atoms with Crippen LogP contribution in [-0.4, -0.2) is 58.1 Å². The van der Waals surface area contributed by atoms with E-state index in [0.717, 1.165) is 80.8 Å². The van der Waals surface area contributed by atoms with Gasteiger partial charge < -0.3 is 9.30 Å². The average molecular weight is 556 g/mol. The van der Waals surface area contributed by atoms with Gasteiger partial charge in [-0.25, -0.2) is 22.4 Å². The molecule has 0 N–H and O–H groups in total. The van der Waals surface area contributed by atoms with E-state index in [1.165, 1.54) is 9.54 Å². The number of hydrogen-bond acceptors (Lipinski definition) is 6. The van der Waals surface area contributed by atoms with Gasteiger partial charge in [-0.1, -0.05) is 48.5 Å². The lowest BCUT2D eigenvalue weighted by Crippen LogP contribution is -2.35. The van der Waals surface area contributed by atoms with Gasteiger partial charge in [0.25, 0.3) is 10.0 Å². The molecular formula is C31H33N5O3S. The third-order valence-corrected chi connectivity index (χ3v) is 10.1. The summed E-state index contributed by atoms with van der Waals surface area (Å²) in [6.45, 7) is 4.44. The Morgan fingerprint density at radius 2 is 1.57 bits per heavy atom. The van der Waals surface area contributed by atoms with Crippen molar-refractivity contribution in [2.75, 3.05) is 26.3 Å². The average Bonchev–Trinajstić information content (AvgIpc) is 3.62. The molecular weight excluding hydrogens is 522 g/mol. The highest BCUT2D eigenvalue weighted by atomic mass is 32.2. The highest BCUT2D eigenvalue weighted by molar-refractivity contribution is 7.90. The molecule has 2 aromatic carbocycles. The van der Waals surface area contributed by atoms with E-state index < -0.39 is 10.0 Å². The molecule has 2 aliphatic heterocycles. The molecule has 0 saturated carbocycles. The van der Waals surface area contributed by atoms with Crippen molar-refractivity contribution in [2.24, 2.45) is 0 Å². The highest BCUT2D eigenvalue weighted by Gasteiger charge is 2.31. The van der Waals surface area contributed by atoms with Crippen LogP contribution >= 0.6 is 0 Å². The lowest BCUT2D eigenvalue weighted by molar-refractivity contribution is 0.0818. The summed E-state index contributed by atoms with van der Waals surface area (Å²) in [6, 6.07) is 21.4. The van der Waals surface area contributed by atoms with Crippen molar-refractivity contribution in [2.45, 2.75) is 49.1 Å². The standard InChI is InChI=1S/C31H33N5O3S/c37-40(38,26-9-5-2-6-10-26)35-18-13-27-29-28(21-32-31(27)35)33-30(24-14-19-39-20-15-24)36(29)25-11-16-34(17-12-25)22-23-7-3-1-4-8-23/h1-10,13,18,21,24-25H,11-12,14-17,19-20,22H2. The number of pyridine rings is 1. The van der Waals surface area contributed by atoms with Crippen molar-refractivity contribution in [1.29, 1.82) is 0 Å². The third-order valence-electron chi connectivity index (χ3n) is 8.41. The smallest absolute Gasteiger partial charge is 0.269 e. The van der Waals surface area contributed by atoms with Crippen LogP contribution in [0.25, 0.3) is 22.1 Å². The summed E-state index contributed by atoms with van der Waals surface area (Å²) in [6.07, 6.45) is 7.29. The second-order valence-electron chi connectivity index (χ2n) is 10.9. The number of piperidine rings is 1. The van der Waals surface area contributed by atoms with Gasteiger partial charge in [0.15, 0.2) is 5.65 Å². The highest BCUT2D eigenvalue weighted by Crippen LogP contribution is 2.38. The number of nitrogens with zero attached hydrogens (tertiary/aromatic N) is 5. The number of ether oxygens (including phenoxy) is 1. The van der Waals surface area contributed by atoms with Crippen LogP contribution in [0, 0.1) is 0 Å². The summed E-state index contributed by atoms with van der Waals surface area (Å²) in [5.74, 6) is 1.40. The predicted octanol–water partition coefficient (Wildman–Crippen LogP) is 5.35. The normalized spacial score (nSPS) is 18.1. The molecule has 0 unspecified atom stereocenters. The van der Waals surface area contributed by atoms with Gasteiger partial charge in [0.2, 0.25) is 0 Å². The van der Waals surface area contributed by atoms with Gasteiger partial charge in [0.1, 0.15) is 11.3 Å². The summed E-state index contributed by atoms with van der Waals surface area (Å²) >= 11 is 0. The van der Waals surface area contributed by atoms with E-state index in [1.54, 1.807) is 36.7 Å². The second kappa shape index (κ2) is 10.5. The topological polar surface area (TPSA) is 82.2 Å². The van der Waals surface area contributed by atoms with Crippen molar-refractivity contribution in [1.82, 2.24) is 23.4 Å². The maximum atomic E-state index is 13.6. The number of rotatable bonds is 6. The molecule has 0 radical (unpaired) electrons. The summed E-state index contributed by atoms with van der Waals surface area (Å²) in [7, 11) is -3.78. The third kappa shape index (κ3) is 4.52. The van der Waals surface area contributed by atoms with Crippen LogP contribution in [0.2, 0.25) is 0 Å². The van der Waals surface area contributed by atoms with E-state index in [1.807, 2.05) is 12.1 Å². The van der Waals surface area contributed by atoms with Gasteiger partial charge in [-0.2, -0.15) is 0 Å². The molecule has 0 atom stereocenters. The van der Waals surface area contributed by atoms with E-state index in [0.29, 0.717) is 11.6 Å². The Morgan fingerprint density at radius 1 is 0.875 bits per heavy atom. The Hall–Kier alpha value is -3.53. The van der Waals surface area contributed by atoms with E-state index in [-0.39, 0.29) is 10.9 Å².